The van der Waals surface area contributed by atoms with Crippen molar-refractivity contribution in [1.82, 2.24) is 9.80 Å². The largest absolute Gasteiger partial charge is 0.436 e. The summed E-state index contributed by atoms with van der Waals surface area (Å²) >= 11 is 0. The number of fused-ring (bicyclic) bond motifs is 4. The van der Waals surface area contributed by atoms with E-state index in [0.717, 1.165) is 43.5 Å². The van der Waals surface area contributed by atoms with Gasteiger partial charge < -0.3 is 9.64 Å². The van der Waals surface area contributed by atoms with Gasteiger partial charge in [0.05, 0.1) is 6.04 Å². The highest BCUT2D eigenvalue weighted by atomic mass is 19.1. The molecule has 29 heavy (non-hydrogen) atoms. The molecule has 0 aliphatic carbocycles. The number of amides is 2. The van der Waals surface area contributed by atoms with Gasteiger partial charge in [-0.3, -0.25) is 9.69 Å². The van der Waals surface area contributed by atoms with Crippen LogP contribution in [0.1, 0.15) is 35.6 Å². The van der Waals surface area contributed by atoms with E-state index in [2.05, 4.69) is 6.07 Å². The molecular weight excluding hydrogens is 371 g/mol. The Morgan fingerprint density at radius 3 is 2.45 bits per heavy atom. The Bertz CT molecular complexity index is 937. The minimum atomic E-state index is -0.684. The first-order valence-electron chi connectivity index (χ1n) is 10.2. The third-order valence-electron chi connectivity index (χ3n) is 6.45. The molecule has 0 spiro atoms. The molecule has 1 unspecified atom stereocenters. The quantitative estimate of drug-likeness (QED) is 0.783. The molecule has 3 fully saturated rings. The molecule has 4 aliphatic heterocycles. The van der Waals surface area contributed by atoms with Crippen LogP contribution in [-0.2, 0) is 16.0 Å². The van der Waals surface area contributed by atoms with E-state index in [4.69, 9.17) is 4.74 Å². The maximum absolute atomic E-state index is 13.5. The summed E-state index contributed by atoms with van der Waals surface area (Å²) in [5, 5.41) is 0. The number of carbonyl (C=O) groups excluding carboxylic acids is 2. The molecule has 2 atom stereocenters. The van der Waals surface area contributed by atoms with E-state index in [0.29, 0.717) is 6.54 Å². The number of piperidine rings is 3. The number of rotatable bonds is 2. The first kappa shape index (κ1) is 18.2. The average Bonchev–Trinajstić information content (AvgIpc) is 2.76. The molecular formula is C23H23FN2O3. The summed E-state index contributed by atoms with van der Waals surface area (Å²) in [5.41, 5.74) is 3.02. The first-order chi connectivity index (χ1) is 14.1. The normalized spacial score (nSPS) is 25.7. The van der Waals surface area contributed by atoms with Gasteiger partial charge in [0.1, 0.15) is 5.82 Å². The second kappa shape index (κ2) is 7.17. The van der Waals surface area contributed by atoms with Crippen LogP contribution in [0, 0.1) is 11.7 Å². The zero-order valence-corrected chi connectivity index (χ0v) is 16.1. The van der Waals surface area contributed by atoms with E-state index in [1.807, 2.05) is 18.2 Å². The summed E-state index contributed by atoms with van der Waals surface area (Å²) < 4.78 is 19.3. The van der Waals surface area contributed by atoms with Crippen LogP contribution in [0.4, 0.5) is 9.18 Å². The van der Waals surface area contributed by atoms with E-state index in [1.165, 1.54) is 17.7 Å². The van der Waals surface area contributed by atoms with Gasteiger partial charge in [-0.05, 0) is 48.1 Å². The zero-order valence-electron chi connectivity index (χ0n) is 16.1. The van der Waals surface area contributed by atoms with Crippen LogP contribution in [0.2, 0.25) is 0 Å². The number of benzene rings is 2. The van der Waals surface area contributed by atoms with Crippen LogP contribution in [0.5, 0.6) is 0 Å². The third-order valence-corrected chi connectivity index (χ3v) is 6.45. The van der Waals surface area contributed by atoms with Gasteiger partial charge >= 0.3 is 6.09 Å². The van der Waals surface area contributed by atoms with Crippen molar-refractivity contribution in [1.29, 1.82) is 0 Å². The number of hydrogen-bond acceptors (Lipinski definition) is 3. The molecule has 3 saturated heterocycles. The highest BCUT2D eigenvalue weighted by Gasteiger charge is 2.45. The van der Waals surface area contributed by atoms with Crippen molar-refractivity contribution < 1.29 is 18.7 Å². The lowest BCUT2D eigenvalue weighted by molar-refractivity contribution is -0.155. The Morgan fingerprint density at radius 2 is 1.72 bits per heavy atom. The Labute approximate surface area is 169 Å². The van der Waals surface area contributed by atoms with Crippen LogP contribution >= 0.6 is 0 Å². The number of hydrogen-bond donors (Lipinski definition) is 0. The predicted molar refractivity (Wildman–Crippen MR) is 105 cm³/mol. The fourth-order valence-electron chi connectivity index (χ4n) is 4.89. The smallest absolute Gasteiger partial charge is 0.411 e. The van der Waals surface area contributed by atoms with Crippen molar-refractivity contribution in [3.63, 3.8) is 0 Å². The van der Waals surface area contributed by atoms with Gasteiger partial charge in [-0.15, -0.1) is 0 Å². The maximum Gasteiger partial charge on any atom is 0.411 e. The summed E-state index contributed by atoms with van der Waals surface area (Å²) in [6, 6.07) is 13.9. The fourth-order valence-corrected chi connectivity index (χ4v) is 4.89. The molecule has 150 valence electrons. The van der Waals surface area contributed by atoms with Crippen LogP contribution in [-0.4, -0.2) is 47.5 Å². The summed E-state index contributed by atoms with van der Waals surface area (Å²) in [7, 11) is 0. The van der Waals surface area contributed by atoms with Gasteiger partial charge in [-0.2, -0.15) is 0 Å². The van der Waals surface area contributed by atoms with Gasteiger partial charge in [-0.1, -0.05) is 36.4 Å². The molecule has 0 N–H and O–H groups in total. The molecule has 2 bridgehead atoms. The van der Waals surface area contributed by atoms with Gasteiger partial charge in [0.15, 0.2) is 6.10 Å². The number of carbonyl (C=O) groups is 2. The van der Waals surface area contributed by atoms with Crippen molar-refractivity contribution in [3.05, 3.63) is 71.0 Å². The van der Waals surface area contributed by atoms with E-state index >= 15 is 0 Å². The molecule has 0 saturated carbocycles. The van der Waals surface area contributed by atoms with Crippen LogP contribution in [0.15, 0.2) is 48.5 Å². The lowest BCUT2D eigenvalue weighted by Gasteiger charge is -2.44. The van der Waals surface area contributed by atoms with Crippen LogP contribution in [0.3, 0.4) is 0 Å². The highest BCUT2D eigenvalue weighted by Crippen LogP contribution is 2.37. The van der Waals surface area contributed by atoms with Crippen molar-refractivity contribution in [2.24, 2.45) is 5.92 Å². The van der Waals surface area contributed by atoms with Crippen molar-refractivity contribution in [3.8, 4) is 0 Å². The molecule has 2 aromatic carbocycles. The van der Waals surface area contributed by atoms with Gasteiger partial charge in [0, 0.05) is 25.6 Å². The lowest BCUT2D eigenvalue weighted by Crippen LogP contribution is -2.57. The third kappa shape index (κ3) is 3.16. The topological polar surface area (TPSA) is 49.9 Å². The summed E-state index contributed by atoms with van der Waals surface area (Å²) in [6.45, 7) is 2.01. The Morgan fingerprint density at radius 1 is 1.00 bits per heavy atom. The second-order valence-corrected chi connectivity index (χ2v) is 8.06. The average molecular weight is 394 g/mol. The van der Waals surface area contributed by atoms with Crippen molar-refractivity contribution in [2.75, 3.05) is 19.6 Å². The molecule has 6 rings (SSSR count). The first-order valence-corrected chi connectivity index (χ1v) is 10.2. The standard InChI is InChI=1S/C23H23FN2O3/c24-18-7-5-16(6-8-18)20-19-4-2-1-3-15(19)11-14-26(20)23(28)29-21-17-9-12-25(13-10-17)22(21)27/h1-8,17,20-21H,9-14H2/t20-,21?/m0/s1. The Hall–Kier alpha value is -2.89. The molecule has 2 aromatic rings. The predicted octanol–water partition coefficient (Wildman–Crippen LogP) is 3.53. The Kier molecular flexibility index (Phi) is 4.49. The molecule has 2 amide bonds. The van der Waals surface area contributed by atoms with E-state index < -0.39 is 12.2 Å². The number of nitrogens with zero attached hydrogens (tertiary/aromatic N) is 2. The van der Waals surface area contributed by atoms with Gasteiger partial charge in [0.25, 0.3) is 5.91 Å². The molecule has 0 aromatic heterocycles. The number of ether oxygens (including phenoxy) is 1. The molecule has 0 radical (unpaired) electrons. The minimum absolute atomic E-state index is 0.0726. The van der Waals surface area contributed by atoms with Crippen LogP contribution < -0.4 is 0 Å². The summed E-state index contributed by atoms with van der Waals surface area (Å²) in [4.78, 5) is 29.3. The van der Waals surface area contributed by atoms with E-state index in [9.17, 15) is 14.0 Å². The summed E-state index contributed by atoms with van der Waals surface area (Å²) in [6.07, 6.45) is 1.33. The SMILES string of the molecule is O=C1C(OC(=O)N2CCc3ccccc3[C@@H]2c2ccc(F)cc2)C2CCN1CC2. The maximum atomic E-state index is 13.5. The molecule has 4 aliphatic rings. The fraction of sp³-hybridized carbons (Fsp3) is 0.391. The minimum Gasteiger partial charge on any atom is -0.436 e. The summed E-state index contributed by atoms with van der Waals surface area (Å²) in [5.74, 6) is -0.278. The monoisotopic (exact) mass is 394 g/mol. The van der Waals surface area contributed by atoms with E-state index in [1.54, 1.807) is 21.9 Å². The zero-order chi connectivity index (χ0) is 20.0. The van der Waals surface area contributed by atoms with Crippen LogP contribution in [0.25, 0.3) is 0 Å². The second-order valence-electron chi connectivity index (χ2n) is 8.06. The van der Waals surface area contributed by atoms with E-state index in [-0.39, 0.29) is 23.7 Å². The van der Waals surface area contributed by atoms with Crippen molar-refractivity contribution in [2.45, 2.75) is 31.4 Å². The van der Waals surface area contributed by atoms with Gasteiger partial charge in [0.2, 0.25) is 0 Å². The Balaban J connectivity index is 1.45. The van der Waals surface area contributed by atoms with Gasteiger partial charge in [-0.25, -0.2) is 9.18 Å². The number of halogens is 1. The molecule has 6 heteroatoms. The lowest BCUT2D eigenvalue weighted by atomic mass is 9.85. The van der Waals surface area contributed by atoms with Crippen molar-refractivity contribution >= 4 is 12.0 Å². The molecule has 4 heterocycles. The highest BCUT2D eigenvalue weighted by molar-refractivity contribution is 5.85. The molecule has 5 nitrogen and oxygen atoms in total.